The molecule has 34 heavy (non-hydrogen) atoms. The summed E-state index contributed by atoms with van der Waals surface area (Å²) in [7, 11) is 1.19. The molecule has 2 heterocycles. The van der Waals surface area contributed by atoms with E-state index >= 15 is 0 Å². The molecule has 2 unspecified atom stereocenters. The van der Waals surface area contributed by atoms with Crippen molar-refractivity contribution in [3.05, 3.63) is 84.8 Å². The first-order chi connectivity index (χ1) is 16.1. The molecule has 8 nitrogen and oxygen atoms in total. The summed E-state index contributed by atoms with van der Waals surface area (Å²) in [5, 5.41) is 10.0. The maximum atomic E-state index is 14.0. The number of fused-ring (bicyclic) bond motifs is 1. The monoisotopic (exact) mass is 541 g/mol. The molecule has 1 aliphatic heterocycles. The first-order valence-electron chi connectivity index (χ1n) is 9.74. The number of nitrogens with one attached hydrogen (secondary N) is 1. The average Bonchev–Trinajstić information content (AvgIpc) is 3.28. The van der Waals surface area contributed by atoms with Crippen molar-refractivity contribution >= 4 is 64.2 Å². The first kappa shape index (κ1) is 24.3. The second-order valence-corrected chi connectivity index (χ2v) is 8.98. The Morgan fingerprint density at radius 2 is 1.76 bits per heavy atom. The summed E-state index contributed by atoms with van der Waals surface area (Å²) < 4.78 is 4.96. The lowest BCUT2D eigenvalue weighted by Crippen LogP contribution is -2.52. The predicted octanol–water partition coefficient (Wildman–Crippen LogP) is 5.05. The van der Waals surface area contributed by atoms with Gasteiger partial charge in [0.15, 0.2) is 0 Å². The number of esters is 1. The van der Waals surface area contributed by atoms with Crippen LogP contribution in [0, 0.1) is 0 Å². The van der Waals surface area contributed by atoms with Crippen LogP contribution in [0.2, 0.25) is 20.1 Å². The Morgan fingerprint density at radius 1 is 1.09 bits per heavy atom. The van der Waals surface area contributed by atoms with Crippen molar-refractivity contribution in [3.63, 3.8) is 0 Å². The van der Waals surface area contributed by atoms with Gasteiger partial charge in [0, 0.05) is 12.0 Å². The number of hydrogen-bond donors (Lipinski definition) is 2. The van der Waals surface area contributed by atoms with E-state index in [9.17, 15) is 19.5 Å². The minimum absolute atomic E-state index is 0.0235. The number of aromatic nitrogens is 2. The average molecular weight is 543 g/mol. The Hall–Kier alpha value is -2.78. The van der Waals surface area contributed by atoms with E-state index in [1.165, 1.54) is 18.3 Å². The fourth-order valence-electron chi connectivity index (χ4n) is 4.00. The van der Waals surface area contributed by atoms with Crippen LogP contribution >= 0.6 is 46.4 Å². The van der Waals surface area contributed by atoms with Crippen molar-refractivity contribution in [1.29, 1.82) is 0 Å². The summed E-state index contributed by atoms with van der Waals surface area (Å²) in [6.45, 7) is 0. The third kappa shape index (κ3) is 4.11. The maximum absolute atomic E-state index is 14.0. The number of H-pyrrole nitrogens is 1. The second-order valence-electron chi connectivity index (χ2n) is 7.38. The number of nitrogens with zero attached hydrogens (tertiary/aromatic N) is 2. The highest BCUT2D eigenvalue weighted by atomic mass is 35.5. The number of aromatic amines is 1. The number of benzene rings is 2. The van der Waals surface area contributed by atoms with Gasteiger partial charge in [-0.15, -0.1) is 0 Å². The Bertz CT molecular complexity index is 1330. The fraction of sp³-hybridized carbons (Fsp3) is 0.182. The number of aromatic carboxylic acids is 1. The fourth-order valence-corrected chi connectivity index (χ4v) is 4.74. The molecular formula is C22H15Cl4N3O5. The van der Waals surface area contributed by atoms with Crippen LogP contribution in [0.25, 0.3) is 0 Å². The molecule has 0 saturated heterocycles. The molecule has 0 aliphatic carbocycles. The Balaban J connectivity index is 1.99. The molecular weight excluding hydrogens is 528 g/mol. The van der Waals surface area contributed by atoms with Crippen LogP contribution in [-0.2, 0) is 16.0 Å². The van der Waals surface area contributed by atoms with Crippen molar-refractivity contribution < 1.29 is 24.2 Å². The highest BCUT2D eigenvalue weighted by molar-refractivity contribution is 6.43. The Labute approximate surface area is 213 Å². The quantitative estimate of drug-likeness (QED) is 0.446. The summed E-state index contributed by atoms with van der Waals surface area (Å²) in [6, 6.07) is 5.00. The van der Waals surface area contributed by atoms with Crippen LogP contribution in [0.4, 0.5) is 0 Å². The summed E-state index contributed by atoms with van der Waals surface area (Å²) in [5.41, 5.74) is 0.775. The van der Waals surface area contributed by atoms with Crippen LogP contribution in [0.3, 0.4) is 0 Å². The minimum atomic E-state index is -1.40. The number of amides is 1. The summed E-state index contributed by atoms with van der Waals surface area (Å²) in [4.78, 5) is 47.2. The van der Waals surface area contributed by atoms with Crippen molar-refractivity contribution in [1.82, 2.24) is 14.9 Å². The van der Waals surface area contributed by atoms with E-state index in [1.807, 2.05) is 0 Å². The number of carboxylic acid groups (broad SMARTS) is 1. The molecule has 1 aromatic heterocycles. The van der Waals surface area contributed by atoms with Gasteiger partial charge in [0.1, 0.15) is 12.1 Å². The van der Waals surface area contributed by atoms with E-state index in [2.05, 4.69) is 9.97 Å². The van der Waals surface area contributed by atoms with E-state index in [-0.39, 0.29) is 37.6 Å². The van der Waals surface area contributed by atoms with Crippen LogP contribution < -0.4 is 0 Å². The molecule has 0 spiro atoms. The molecule has 3 aromatic rings. The van der Waals surface area contributed by atoms with Gasteiger partial charge < -0.3 is 19.7 Å². The van der Waals surface area contributed by atoms with Gasteiger partial charge in [-0.3, -0.25) is 4.79 Å². The Kier molecular flexibility index (Phi) is 6.78. The summed E-state index contributed by atoms with van der Waals surface area (Å²) >= 11 is 24.9. The molecule has 0 saturated carbocycles. The standard InChI is InChI=1S/C22H15Cl4N3O5/c1-34-22(33)16-7-15-18(28-8-27-15)19(9-3-2-4-12(23)17(9)26)29(16)20(30)10-5-13(24)14(25)6-11(10)21(31)32/h2-6,8,16,19H,7H2,1H3,(H,27,28)(H,31,32). The molecule has 2 N–H and O–H groups in total. The zero-order chi connectivity index (χ0) is 24.7. The maximum Gasteiger partial charge on any atom is 0.336 e. The molecule has 0 bridgehead atoms. The molecule has 0 fully saturated rings. The largest absolute Gasteiger partial charge is 0.478 e. The second kappa shape index (κ2) is 9.46. The van der Waals surface area contributed by atoms with Gasteiger partial charge in [-0.05, 0) is 18.2 Å². The highest BCUT2D eigenvalue weighted by Crippen LogP contribution is 2.42. The van der Waals surface area contributed by atoms with Gasteiger partial charge in [0.2, 0.25) is 0 Å². The van der Waals surface area contributed by atoms with Crippen molar-refractivity contribution in [2.75, 3.05) is 7.11 Å². The van der Waals surface area contributed by atoms with E-state index in [1.54, 1.807) is 18.2 Å². The van der Waals surface area contributed by atoms with E-state index in [4.69, 9.17) is 51.1 Å². The topological polar surface area (TPSA) is 113 Å². The molecule has 0 radical (unpaired) electrons. The third-order valence-electron chi connectivity index (χ3n) is 5.53. The van der Waals surface area contributed by atoms with Gasteiger partial charge in [-0.25, -0.2) is 14.6 Å². The van der Waals surface area contributed by atoms with Crippen LogP contribution in [0.5, 0.6) is 0 Å². The number of carbonyl (C=O) groups is 3. The first-order valence-corrected chi connectivity index (χ1v) is 11.3. The molecule has 12 heteroatoms. The lowest BCUT2D eigenvalue weighted by atomic mass is 9.89. The zero-order valence-electron chi connectivity index (χ0n) is 17.3. The molecule has 2 aromatic carbocycles. The number of imidazole rings is 1. The van der Waals surface area contributed by atoms with Gasteiger partial charge in [0.05, 0.1) is 56.0 Å². The van der Waals surface area contributed by atoms with Crippen molar-refractivity contribution in [3.8, 4) is 0 Å². The van der Waals surface area contributed by atoms with Crippen molar-refractivity contribution in [2.45, 2.75) is 18.5 Å². The van der Waals surface area contributed by atoms with Crippen LogP contribution in [-0.4, -0.2) is 51.0 Å². The molecule has 1 amide bonds. The number of methoxy groups -OCH3 is 1. The normalized spacial score (nSPS) is 17.3. The number of rotatable bonds is 4. The summed E-state index contributed by atoms with van der Waals surface area (Å²) in [5.74, 6) is -2.91. The zero-order valence-corrected chi connectivity index (χ0v) is 20.3. The van der Waals surface area contributed by atoms with Crippen molar-refractivity contribution in [2.24, 2.45) is 0 Å². The lowest BCUT2D eigenvalue weighted by molar-refractivity contribution is -0.147. The molecule has 2 atom stereocenters. The number of hydrogen-bond acceptors (Lipinski definition) is 5. The minimum Gasteiger partial charge on any atom is -0.478 e. The highest BCUT2D eigenvalue weighted by Gasteiger charge is 2.45. The third-order valence-corrected chi connectivity index (χ3v) is 7.09. The van der Waals surface area contributed by atoms with Gasteiger partial charge >= 0.3 is 11.9 Å². The van der Waals surface area contributed by atoms with Gasteiger partial charge in [-0.2, -0.15) is 0 Å². The van der Waals surface area contributed by atoms with Gasteiger partial charge in [-0.1, -0.05) is 58.5 Å². The molecule has 4 rings (SSSR count). The number of ether oxygens (including phenoxy) is 1. The number of halogens is 4. The van der Waals surface area contributed by atoms with E-state index in [0.717, 1.165) is 12.1 Å². The van der Waals surface area contributed by atoms with E-state index in [0.29, 0.717) is 17.0 Å². The van der Waals surface area contributed by atoms with Crippen LogP contribution in [0.1, 0.15) is 43.7 Å². The van der Waals surface area contributed by atoms with Gasteiger partial charge in [0.25, 0.3) is 5.91 Å². The molecule has 176 valence electrons. The predicted molar refractivity (Wildman–Crippen MR) is 126 cm³/mol. The van der Waals surface area contributed by atoms with Crippen LogP contribution in [0.15, 0.2) is 36.7 Å². The van der Waals surface area contributed by atoms with E-state index < -0.39 is 29.9 Å². The smallest absolute Gasteiger partial charge is 0.336 e. The number of carboxylic acids is 1. The lowest BCUT2D eigenvalue weighted by Gasteiger charge is -2.40. The molecule has 1 aliphatic rings. The number of carbonyl (C=O) groups excluding carboxylic acids is 2. The Morgan fingerprint density at radius 3 is 2.41 bits per heavy atom. The SMILES string of the molecule is COC(=O)C1Cc2nc[nH]c2C(c2cccc(Cl)c2Cl)N1C(=O)c1cc(Cl)c(Cl)cc1C(=O)O. The summed E-state index contributed by atoms with van der Waals surface area (Å²) in [6.07, 6.45) is 1.45.